The van der Waals surface area contributed by atoms with E-state index in [1.54, 1.807) is 0 Å². The van der Waals surface area contributed by atoms with Crippen LogP contribution in [0.5, 0.6) is 0 Å². The van der Waals surface area contributed by atoms with Crippen LogP contribution in [0.25, 0.3) is 33.5 Å². The molecule has 4 aromatic rings. The molecule has 0 saturated heterocycles. The van der Waals surface area contributed by atoms with Gasteiger partial charge in [-0.2, -0.15) is 0 Å². The highest BCUT2D eigenvalue weighted by atomic mass is 16.1. The van der Waals surface area contributed by atoms with Gasteiger partial charge in [0.2, 0.25) is 5.91 Å². The molecule has 3 aromatic carbocycles. The predicted molar refractivity (Wildman–Crippen MR) is 105 cm³/mol. The quantitative estimate of drug-likeness (QED) is 0.576. The van der Waals surface area contributed by atoms with Crippen molar-refractivity contribution in [1.29, 1.82) is 0 Å². The molecule has 1 aromatic heterocycles. The standard InChI is InChI=1S/C22H17N3O/c1-15(26)23-18-12-13-19-20(14-18)25-22(17-10-6-3-7-11-17)21(24-19)16-8-4-2-5-9-16/h2-14H,1H3,(H,23,26). The molecule has 0 fully saturated rings. The fourth-order valence-electron chi connectivity index (χ4n) is 2.93. The highest BCUT2D eigenvalue weighted by Gasteiger charge is 2.13. The van der Waals surface area contributed by atoms with E-state index in [1.165, 1.54) is 6.92 Å². The van der Waals surface area contributed by atoms with Crippen molar-refractivity contribution in [1.82, 2.24) is 9.97 Å². The zero-order valence-electron chi connectivity index (χ0n) is 14.3. The van der Waals surface area contributed by atoms with Crippen LogP contribution in [0.2, 0.25) is 0 Å². The van der Waals surface area contributed by atoms with E-state index in [0.717, 1.165) is 33.5 Å². The van der Waals surface area contributed by atoms with Gasteiger partial charge in [-0.05, 0) is 18.2 Å². The van der Waals surface area contributed by atoms with Gasteiger partial charge in [0.05, 0.1) is 22.4 Å². The van der Waals surface area contributed by atoms with Crippen molar-refractivity contribution in [2.75, 3.05) is 5.32 Å². The van der Waals surface area contributed by atoms with Crippen molar-refractivity contribution in [3.05, 3.63) is 78.9 Å². The number of carbonyl (C=O) groups is 1. The molecule has 4 heteroatoms. The van der Waals surface area contributed by atoms with Gasteiger partial charge in [0.15, 0.2) is 0 Å². The summed E-state index contributed by atoms with van der Waals surface area (Å²) in [4.78, 5) is 21.1. The van der Waals surface area contributed by atoms with E-state index in [0.29, 0.717) is 5.69 Å². The summed E-state index contributed by atoms with van der Waals surface area (Å²) in [7, 11) is 0. The summed E-state index contributed by atoms with van der Waals surface area (Å²) in [5.74, 6) is -0.110. The fraction of sp³-hybridized carbons (Fsp3) is 0.0455. The normalized spacial score (nSPS) is 10.7. The maximum atomic E-state index is 11.3. The molecule has 0 aliphatic carbocycles. The minimum Gasteiger partial charge on any atom is -0.326 e. The highest BCUT2D eigenvalue weighted by Crippen LogP contribution is 2.31. The number of anilines is 1. The van der Waals surface area contributed by atoms with Crippen LogP contribution in [0, 0.1) is 0 Å². The lowest BCUT2D eigenvalue weighted by molar-refractivity contribution is -0.114. The van der Waals surface area contributed by atoms with Crippen molar-refractivity contribution in [2.24, 2.45) is 0 Å². The third kappa shape index (κ3) is 3.17. The molecule has 0 atom stereocenters. The van der Waals surface area contributed by atoms with Gasteiger partial charge in [-0.1, -0.05) is 60.7 Å². The number of aromatic nitrogens is 2. The van der Waals surface area contributed by atoms with Crippen LogP contribution in [0.3, 0.4) is 0 Å². The Balaban J connectivity index is 1.95. The van der Waals surface area contributed by atoms with Crippen molar-refractivity contribution in [3.8, 4) is 22.5 Å². The van der Waals surface area contributed by atoms with E-state index in [9.17, 15) is 4.79 Å². The lowest BCUT2D eigenvalue weighted by Gasteiger charge is -2.11. The second-order valence-electron chi connectivity index (χ2n) is 6.04. The van der Waals surface area contributed by atoms with Crippen LogP contribution in [0.1, 0.15) is 6.92 Å². The van der Waals surface area contributed by atoms with E-state index in [1.807, 2.05) is 78.9 Å². The summed E-state index contributed by atoms with van der Waals surface area (Å²) in [5.41, 5.74) is 5.94. The van der Waals surface area contributed by atoms with Crippen molar-refractivity contribution < 1.29 is 4.79 Å². The number of carbonyl (C=O) groups excluding carboxylic acids is 1. The van der Waals surface area contributed by atoms with Gasteiger partial charge in [-0.25, -0.2) is 9.97 Å². The molecule has 0 unspecified atom stereocenters. The second kappa shape index (κ2) is 6.76. The number of fused-ring (bicyclic) bond motifs is 1. The summed E-state index contributed by atoms with van der Waals surface area (Å²) in [6.07, 6.45) is 0. The molecule has 0 radical (unpaired) electrons. The Bertz CT molecular complexity index is 1080. The van der Waals surface area contributed by atoms with E-state index in [4.69, 9.17) is 9.97 Å². The summed E-state index contributed by atoms with van der Waals surface area (Å²) in [6, 6.07) is 25.6. The third-order valence-electron chi connectivity index (χ3n) is 4.08. The summed E-state index contributed by atoms with van der Waals surface area (Å²) >= 11 is 0. The van der Waals surface area contributed by atoms with E-state index in [-0.39, 0.29) is 5.91 Å². The first kappa shape index (κ1) is 16.0. The fourth-order valence-corrected chi connectivity index (χ4v) is 2.93. The maximum absolute atomic E-state index is 11.3. The Morgan fingerprint density at radius 1 is 0.731 bits per heavy atom. The minimum atomic E-state index is -0.110. The molecule has 4 rings (SSSR count). The van der Waals surface area contributed by atoms with Gasteiger partial charge in [0.25, 0.3) is 0 Å². The number of hydrogen-bond donors (Lipinski definition) is 1. The Labute approximate surface area is 151 Å². The SMILES string of the molecule is CC(=O)Nc1ccc2nc(-c3ccccc3)c(-c3ccccc3)nc2c1. The molecule has 1 N–H and O–H groups in total. The molecule has 0 bridgehead atoms. The number of amides is 1. The summed E-state index contributed by atoms with van der Waals surface area (Å²) in [5, 5.41) is 2.80. The number of rotatable bonds is 3. The Morgan fingerprint density at radius 3 is 1.81 bits per heavy atom. The summed E-state index contributed by atoms with van der Waals surface area (Å²) in [6.45, 7) is 1.49. The third-order valence-corrected chi connectivity index (χ3v) is 4.08. The zero-order valence-corrected chi connectivity index (χ0v) is 14.3. The zero-order chi connectivity index (χ0) is 17.9. The highest BCUT2D eigenvalue weighted by molar-refractivity contribution is 5.93. The lowest BCUT2D eigenvalue weighted by atomic mass is 10.0. The molecule has 0 saturated carbocycles. The number of nitrogens with zero attached hydrogens (tertiary/aromatic N) is 2. The van der Waals surface area contributed by atoms with E-state index in [2.05, 4.69) is 5.32 Å². The topological polar surface area (TPSA) is 54.9 Å². The average molecular weight is 339 g/mol. The molecule has 26 heavy (non-hydrogen) atoms. The molecular weight excluding hydrogens is 322 g/mol. The molecule has 4 nitrogen and oxygen atoms in total. The average Bonchev–Trinajstić information content (AvgIpc) is 2.68. The smallest absolute Gasteiger partial charge is 0.221 e. The van der Waals surface area contributed by atoms with Gasteiger partial charge >= 0.3 is 0 Å². The van der Waals surface area contributed by atoms with Crippen molar-refractivity contribution >= 4 is 22.6 Å². The van der Waals surface area contributed by atoms with Crippen LogP contribution >= 0.6 is 0 Å². The van der Waals surface area contributed by atoms with Crippen LogP contribution in [0.15, 0.2) is 78.9 Å². The van der Waals surface area contributed by atoms with E-state index < -0.39 is 0 Å². The second-order valence-corrected chi connectivity index (χ2v) is 6.04. The van der Waals surface area contributed by atoms with Crippen LogP contribution in [-0.4, -0.2) is 15.9 Å². The van der Waals surface area contributed by atoms with Crippen LogP contribution in [0.4, 0.5) is 5.69 Å². The lowest BCUT2D eigenvalue weighted by Crippen LogP contribution is -2.05. The van der Waals surface area contributed by atoms with Gasteiger partial charge in [0.1, 0.15) is 0 Å². The number of benzene rings is 3. The minimum absolute atomic E-state index is 0.110. The van der Waals surface area contributed by atoms with Crippen LogP contribution < -0.4 is 5.32 Å². The first-order chi connectivity index (χ1) is 12.7. The molecular formula is C22H17N3O. The van der Waals surface area contributed by atoms with Gasteiger partial charge < -0.3 is 5.32 Å². The molecule has 0 aliphatic rings. The molecule has 0 spiro atoms. The van der Waals surface area contributed by atoms with Gasteiger partial charge in [-0.3, -0.25) is 4.79 Å². The Kier molecular flexibility index (Phi) is 4.15. The Hall–Kier alpha value is -3.53. The van der Waals surface area contributed by atoms with Gasteiger partial charge in [-0.15, -0.1) is 0 Å². The molecule has 1 amide bonds. The monoisotopic (exact) mass is 339 g/mol. The molecule has 0 aliphatic heterocycles. The van der Waals surface area contributed by atoms with Crippen LogP contribution in [-0.2, 0) is 4.79 Å². The van der Waals surface area contributed by atoms with Crippen molar-refractivity contribution in [2.45, 2.75) is 6.92 Å². The first-order valence-electron chi connectivity index (χ1n) is 8.41. The van der Waals surface area contributed by atoms with E-state index >= 15 is 0 Å². The summed E-state index contributed by atoms with van der Waals surface area (Å²) < 4.78 is 0. The predicted octanol–water partition coefficient (Wildman–Crippen LogP) is 4.92. The first-order valence-corrected chi connectivity index (χ1v) is 8.41. The molecule has 1 heterocycles. The molecule has 126 valence electrons. The largest absolute Gasteiger partial charge is 0.326 e. The van der Waals surface area contributed by atoms with Crippen molar-refractivity contribution in [3.63, 3.8) is 0 Å². The number of hydrogen-bond acceptors (Lipinski definition) is 3. The number of nitrogens with one attached hydrogen (secondary N) is 1. The Morgan fingerprint density at radius 2 is 1.27 bits per heavy atom. The maximum Gasteiger partial charge on any atom is 0.221 e. The van der Waals surface area contributed by atoms with Gasteiger partial charge in [0, 0.05) is 23.7 Å².